The summed E-state index contributed by atoms with van der Waals surface area (Å²) >= 11 is 0. The van der Waals surface area contributed by atoms with Gasteiger partial charge in [0.05, 0.1) is 7.11 Å². The highest BCUT2D eigenvalue weighted by molar-refractivity contribution is 5.92. The van der Waals surface area contributed by atoms with Gasteiger partial charge in [-0.3, -0.25) is 4.79 Å². The number of aliphatic hydroxyl groups is 1. The van der Waals surface area contributed by atoms with Crippen LogP contribution in [0.2, 0.25) is 0 Å². The first-order valence-corrected chi connectivity index (χ1v) is 11.7. The van der Waals surface area contributed by atoms with E-state index < -0.39 is 6.29 Å². The van der Waals surface area contributed by atoms with Crippen LogP contribution in [0.4, 0.5) is 0 Å². The van der Waals surface area contributed by atoms with Crippen LogP contribution < -0.4 is 10.1 Å². The van der Waals surface area contributed by atoms with E-state index in [0.29, 0.717) is 24.7 Å². The summed E-state index contributed by atoms with van der Waals surface area (Å²) in [7, 11) is 1.65. The molecule has 3 unspecified atom stereocenters. The number of aliphatic hydroxyl groups excluding tert-OH is 1. The molecule has 0 radical (unpaired) electrons. The Hall–Kier alpha value is -2.05. The third-order valence-corrected chi connectivity index (χ3v) is 7.19. The molecule has 0 saturated heterocycles. The van der Waals surface area contributed by atoms with Crippen LogP contribution >= 0.6 is 0 Å². The number of nitrogens with one attached hydrogen (secondary N) is 1. The van der Waals surface area contributed by atoms with Crippen LogP contribution in [0.15, 0.2) is 36.1 Å². The molecule has 6 heteroatoms. The number of amides is 1. The normalized spacial score (nSPS) is 31.8. The fourth-order valence-electron chi connectivity index (χ4n) is 5.63. The van der Waals surface area contributed by atoms with Gasteiger partial charge < -0.3 is 24.6 Å². The van der Waals surface area contributed by atoms with E-state index in [1.54, 1.807) is 7.11 Å². The van der Waals surface area contributed by atoms with Crippen LogP contribution in [-0.4, -0.2) is 43.7 Å². The summed E-state index contributed by atoms with van der Waals surface area (Å²) in [6.07, 6.45) is 7.67. The van der Waals surface area contributed by atoms with Crippen molar-refractivity contribution in [2.24, 2.45) is 17.8 Å². The number of ether oxygens (including phenoxy) is 3. The van der Waals surface area contributed by atoms with Crippen LogP contribution in [0.5, 0.6) is 5.75 Å². The number of allylic oxidation sites excluding steroid dienone is 1. The summed E-state index contributed by atoms with van der Waals surface area (Å²) in [6, 6.07) is 8.20. The highest BCUT2D eigenvalue weighted by Gasteiger charge is 2.42. The molecule has 3 aliphatic rings. The standard InChI is InChI=1S/C25H35NO5/c1-3-30-25-20(5-4-12-27)21(17-8-10-19(29-2)11-9-17)15-23(31-25)24(28)26-22-14-16-6-7-18(22)13-16/h8-11,15-16,18,20-22,25,27H,3-7,12-14H2,1-2H3,(H,26,28)/t16?,18?,20-,21-,22?,25-/m1/s1. The number of carbonyl (C=O) groups is 1. The first-order chi connectivity index (χ1) is 15.1. The van der Waals surface area contributed by atoms with Crippen LogP contribution in [0, 0.1) is 17.8 Å². The molecular formula is C25H35NO5. The van der Waals surface area contributed by atoms with Gasteiger partial charge in [0.2, 0.25) is 6.29 Å². The minimum absolute atomic E-state index is 0.0135. The molecule has 1 amide bonds. The van der Waals surface area contributed by atoms with E-state index in [9.17, 15) is 9.90 Å². The summed E-state index contributed by atoms with van der Waals surface area (Å²) in [6.45, 7) is 2.55. The van der Waals surface area contributed by atoms with Crippen molar-refractivity contribution in [1.82, 2.24) is 5.32 Å². The summed E-state index contributed by atoms with van der Waals surface area (Å²) in [5, 5.41) is 12.7. The molecular weight excluding hydrogens is 394 g/mol. The summed E-state index contributed by atoms with van der Waals surface area (Å²) in [5.41, 5.74) is 1.09. The Morgan fingerprint density at radius 2 is 2.03 bits per heavy atom. The van der Waals surface area contributed by atoms with E-state index in [-0.39, 0.29) is 30.4 Å². The SMILES string of the molecule is CCO[C@@H]1OC(C(=O)NC2CC3CCC2C3)=C[C@H](c2ccc(OC)cc2)[C@H]1CCCO. The fourth-order valence-corrected chi connectivity index (χ4v) is 5.63. The second-order valence-corrected chi connectivity index (χ2v) is 9.06. The van der Waals surface area contributed by atoms with E-state index in [1.165, 1.54) is 19.3 Å². The maximum absolute atomic E-state index is 13.2. The fraction of sp³-hybridized carbons (Fsp3) is 0.640. The molecule has 1 heterocycles. The first-order valence-electron chi connectivity index (χ1n) is 11.7. The topological polar surface area (TPSA) is 77.0 Å². The average Bonchev–Trinajstić information content (AvgIpc) is 3.41. The Morgan fingerprint density at radius 1 is 1.23 bits per heavy atom. The maximum Gasteiger partial charge on any atom is 0.286 e. The van der Waals surface area contributed by atoms with Crippen LogP contribution in [0.3, 0.4) is 0 Å². The van der Waals surface area contributed by atoms with Gasteiger partial charge >= 0.3 is 0 Å². The first kappa shape index (κ1) is 22.2. The van der Waals surface area contributed by atoms with Crippen LogP contribution in [0.1, 0.15) is 56.9 Å². The minimum atomic E-state index is -0.519. The molecule has 4 rings (SSSR count). The lowest BCUT2D eigenvalue weighted by Crippen LogP contribution is -2.43. The van der Waals surface area contributed by atoms with Gasteiger partial charge in [-0.05, 0) is 74.6 Å². The van der Waals surface area contributed by atoms with Gasteiger partial charge in [-0.1, -0.05) is 18.6 Å². The summed E-state index contributed by atoms with van der Waals surface area (Å²) in [4.78, 5) is 13.2. The molecule has 2 N–H and O–H groups in total. The van der Waals surface area contributed by atoms with E-state index in [2.05, 4.69) is 5.32 Å². The van der Waals surface area contributed by atoms with E-state index in [0.717, 1.165) is 30.1 Å². The molecule has 2 aliphatic carbocycles. The van der Waals surface area contributed by atoms with Crippen LogP contribution in [-0.2, 0) is 14.3 Å². The lowest BCUT2D eigenvalue weighted by atomic mass is 9.80. The number of benzene rings is 1. The number of methoxy groups -OCH3 is 1. The molecule has 170 valence electrons. The van der Waals surface area contributed by atoms with Gasteiger partial charge in [0.25, 0.3) is 5.91 Å². The smallest absolute Gasteiger partial charge is 0.286 e. The Bertz CT molecular complexity index is 777. The van der Waals surface area contributed by atoms with Crippen molar-refractivity contribution in [3.63, 3.8) is 0 Å². The van der Waals surface area contributed by atoms with Crippen molar-refractivity contribution in [1.29, 1.82) is 0 Å². The lowest BCUT2D eigenvalue weighted by Gasteiger charge is -2.37. The zero-order valence-corrected chi connectivity index (χ0v) is 18.6. The quantitative estimate of drug-likeness (QED) is 0.625. The number of hydrogen-bond donors (Lipinski definition) is 2. The zero-order chi connectivity index (χ0) is 21.8. The number of rotatable bonds is 9. The Labute approximate surface area is 185 Å². The average molecular weight is 430 g/mol. The van der Waals surface area contributed by atoms with E-state index in [1.807, 2.05) is 37.3 Å². The van der Waals surface area contributed by atoms with Crippen molar-refractivity contribution >= 4 is 5.91 Å². The summed E-state index contributed by atoms with van der Waals surface area (Å²) < 4.78 is 17.3. The van der Waals surface area contributed by atoms with Gasteiger partial charge in [0.1, 0.15) is 5.75 Å². The van der Waals surface area contributed by atoms with Gasteiger partial charge in [0.15, 0.2) is 5.76 Å². The number of hydrogen-bond acceptors (Lipinski definition) is 5. The third-order valence-electron chi connectivity index (χ3n) is 7.19. The van der Waals surface area contributed by atoms with Crippen molar-refractivity contribution in [3.8, 4) is 5.75 Å². The van der Waals surface area contributed by atoms with Gasteiger partial charge in [0, 0.05) is 31.1 Å². The molecule has 0 spiro atoms. The maximum atomic E-state index is 13.2. The Morgan fingerprint density at radius 3 is 2.65 bits per heavy atom. The molecule has 1 aromatic rings. The highest BCUT2D eigenvalue weighted by Crippen LogP contribution is 2.45. The highest BCUT2D eigenvalue weighted by atomic mass is 16.7. The summed E-state index contributed by atoms with van der Waals surface area (Å²) in [5.74, 6) is 2.35. The molecule has 1 aliphatic heterocycles. The number of carbonyl (C=O) groups excluding carboxylic acids is 1. The minimum Gasteiger partial charge on any atom is -0.497 e. The van der Waals surface area contributed by atoms with E-state index in [4.69, 9.17) is 14.2 Å². The molecule has 31 heavy (non-hydrogen) atoms. The van der Waals surface area contributed by atoms with E-state index >= 15 is 0 Å². The molecule has 1 aromatic carbocycles. The molecule has 6 atom stereocenters. The van der Waals surface area contributed by atoms with Crippen molar-refractivity contribution in [2.75, 3.05) is 20.3 Å². The largest absolute Gasteiger partial charge is 0.497 e. The van der Waals surface area contributed by atoms with Gasteiger partial charge in [-0.15, -0.1) is 0 Å². The number of fused-ring (bicyclic) bond motifs is 2. The predicted octanol–water partition coefficient (Wildman–Crippen LogP) is 3.75. The monoisotopic (exact) mass is 429 g/mol. The van der Waals surface area contributed by atoms with Crippen molar-refractivity contribution in [3.05, 3.63) is 41.7 Å². The third kappa shape index (κ3) is 4.90. The second-order valence-electron chi connectivity index (χ2n) is 9.06. The van der Waals surface area contributed by atoms with Gasteiger partial charge in [-0.25, -0.2) is 0 Å². The van der Waals surface area contributed by atoms with Gasteiger partial charge in [-0.2, -0.15) is 0 Å². The molecule has 2 bridgehead atoms. The van der Waals surface area contributed by atoms with Crippen molar-refractivity contribution in [2.45, 2.75) is 63.7 Å². The Kier molecular flexibility index (Phi) is 7.18. The molecule has 6 nitrogen and oxygen atoms in total. The second kappa shape index (κ2) is 10.0. The zero-order valence-electron chi connectivity index (χ0n) is 18.6. The Balaban J connectivity index is 1.58. The predicted molar refractivity (Wildman–Crippen MR) is 118 cm³/mol. The van der Waals surface area contributed by atoms with Crippen LogP contribution in [0.25, 0.3) is 0 Å². The molecule has 2 fully saturated rings. The lowest BCUT2D eigenvalue weighted by molar-refractivity contribution is -0.167. The molecule has 2 saturated carbocycles. The van der Waals surface area contributed by atoms with Crippen molar-refractivity contribution < 1.29 is 24.1 Å². The molecule has 0 aromatic heterocycles.